The summed E-state index contributed by atoms with van der Waals surface area (Å²) in [6, 6.07) is 10.2. The molecule has 7 rings (SSSR count). The number of hydrogen-bond donors (Lipinski definition) is 1. The number of benzene rings is 2. The predicted molar refractivity (Wildman–Crippen MR) is 158 cm³/mol. The summed E-state index contributed by atoms with van der Waals surface area (Å²) in [4.78, 5) is 39.6. The van der Waals surface area contributed by atoms with E-state index in [2.05, 4.69) is 5.43 Å². The average Bonchev–Trinajstić information content (AvgIpc) is 3.15. The maximum absolute atomic E-state index is 13.4. The van der Waals surface area contributed by atoms with Crippen LogP contribution in [0.15, 0.2) is 41.3 Å². The Kier molecular flexibility index (Phi) is 7.17. The molecule has 4 bridgehead atoms. The smallest absolute Gasteiger partial charge is 0.317 e. The van der Waals surface area contributed by atoms with Crippen LogP contribution in [0, 0.1) is 30.1 Å². The van der Waals surface area contributed by atoms with Crippen molar-refractivity contribution in [3.8, 4) is 11.5 Å². The predicted octanol–water partition coefficient (Wildman–Crippen LogP) is 6.33. The van der Waals surface area contributed by atoms with Gasteiger partial charge in [-0.25, -0.2) is 0 Å². The van der Waals surface area contributed by atoms with Crippen LogP contribution in [0.3, 0.4) is 0 Å². The molecule has 4 aliphatic carbocycles. The number of amides is 2. The van der Waals surface area contributed by atoms with Crippen molar-refractivity contribution in [3.05, 3.63) is 63.0 Å². The third-order valence-electron chi connectivity index (χ3n) is 8.54. The van der Waals surface area contributed by atoms with Crippen LogP contribution in [0.2, 0.25) is 5.02 Å². The van der Waals surface area contributed by atoms with Crippen molar-refractivity contribution in [2.75, 3.05) is 7.11 Å². The second-order valence-electron chi connectivity index (χ2n) is 11.4. The molecule has 10 heteroatoms. The molecule has 5 aliphatic rings. The maximum Gasteiger partial charge on any atom is 0.317 e. The van der Waals surface area contributed by atoms with E-state index in [0.29, 0.717) is 39.7 Å². The Labute approximate surface area is 247 Å². The molecule has 1 saturated heterocycles. The Bertz CT molecular complexity index is 1440. The zero-order chi connectivity index (χ0) is 28.2. The van der Waals surface area contributed by atoms with E-state index >= 15 is 0 Å². The number of thiocarbonyl (C=S) groups is 1. The lowest BCUT2D eigenvalue weighted by atomic mass is 9.49. The standard InChI is InChI=1S/C30H29ClN2O5S2/c1-16-3-5-21(22(31)7-16)26(34)32-33-27(35)25(40-29(33)39)12-17-4-6-23(24(11-17)37-2)38-28(36)30-13-18-8-19(14-30)10-20(9-18)15-30/h3-7,11-12,18-20H,8-10,13-15H2,1-2H3,(H,32,34)/b25-12-. The first-order chi connectivity index (χ1) is 19.1. The number of carbonyl (C=O) groups is 3. The molecule has 2 aromatic rings. The first kappa shape index (κ1) is 27.3. The van der Waals surface area contributed by atoms with Gasteiger partial charge in [-0.3, -0.25) is 19.8 Å². The second-order valence-corrected chi connectivity index (χ2v) is 13.5. The number of carbonyl (C=O) groups excluding carboxylic acids is 3. The highest BCUT2D eigenvalue weighted by Crippen LogP contribution is 2.60. The van der Waals surface area contributed by atoms with Crippen molar-refractivity contribution in [2.45, 2.75) is 45.4 Å². The van der Waals surface area contributed by atoms with Crippen LogP contribution in [0.5, 0.6) is 11.5 Å². The van der Waals surface area contributed by atoms with E-state index in [1.807, 2.05) is 6.92 Å². The number of halogens is 1. The van der Waals surface area contributed by atoms with Crippen LogP contribution in [0.1, 0.15) is 60.0 Å². The van der Waals surface area contributed by atoms with Gasteiger partial charge in [0.1, 0.15) is 0 Å². The monoisotopic (exact) mass is 596 g/mol. The number of hydrogen-bond acceptors (Lipinski definition) is 7. The van der Waals surface area contributed by atoms with Gasteiger partial charge in [0.05, 0.1) is 28.0 Å². The van der Waals surface area contributed by atoms with E-state index in [-0.39, 0.29) is 26.3 Å². The molecule has 7 nitrogen and oxygen atoms in total. The van der Waals surface area contributed by atoms with Crippen LogP contribution >= 0.6 is 35.6 Å². The topological polar surface area (TPSA) is 84.9 Å². The van der Waals surface area contributed by atoms with Crippen molar-refractivity contribution in [3.63, 3.8) is 0 Å². The molecule has 1 N–H and O–H groups in total. The normalized spacial score (nSPS) is 27.8. The molecule has 0 aromatic heterocycles. The summed E-state index contributed by atoms with van der Waals surface area (Å²) in [6.07, 6.45) is 8.18. The highest BCUT2D eigenvalue weighted by molar-refractivity contribution is 8.26. The molecule has 40 heavy (non-hydrogen) atoms. The van der Waals surface area contributed by atoms with E-state index in [1.165, 1.54) is 26.4 Å². The number of ether oxygens (including phenoxy) is 2. The Hall–Kier alpha value is -2.88. The summed E-state index contributed by atoms with van der Waals surface area (Å²) in [5.41, 5.74) is 4.00. The van der Waals surface area contributed by atoms with Gasteiger partial charge in [0, 0.05) is 0 Å². The Balaban J connectivity index is 1.16. The molecule has 0 spiro atoms. The van der Waals surface area contributed by atoms with E-state index in [1.54, 1.807) is 42.5 Å². The fourth-order valence-electron chi connectivity index (χ4n) is 7.11. The molecule has 4 saturated carbocycles. The lowest BCUT2D eigenvalue weighted by molar-refractivity contribution is -0.161. The number of esters is 1. The quantitative estimate of drug-likeness (QED) is 0.181. The Morgan fingerprint density at radius 2 is 1.75 bits per heavy atom. The number of hydrazine groups is 1. The third-order valence-corrected chi connectivity index (χ3v) is 10.2. The fraction of sp³-hybridized carbons (Fsp3) is 0.400. The van der Waals surface area contributed by atoms with Crippen molar-refractivity contribution in [1.29, 1.82) is 0 Å². The van der Waals surface area contributed by atoms with Crippen molar-refractivity contribution < 1.29 is 23.9 Å². The molecule has 0 radical (unpaired) electrons. The van der Waals surface area contributed by atoms with Crippen molar-refractivity contribution >= 4 is 63.8 Å². The number of aryl methyl sites for hydroxylation is 1. The van der Waals surface area contributed by atoms with Gasteiger partial charge in [0.15, 0.2) is 15.8 Å². The van der Waals surface area contributed by atoms with Gasteiger partial charge < -0.3 is 9.47 Å². The molecular formula is C30H29ClN2O5S2. The number of nitrogens with one attached hydrogen (secondary N) is 1. The molecular weight excluding hydrogens is 568 g/mol. The van der Waals surface area contributed by atoms with Crippen LogP contribution in [-0.2, 0) is 9.59 Å². The van der Waals surface area contributed by atoms with E-state index in [0.717, 1.165) is 41.6 Å². The van der Waals surface area contributed by atoms with Crippen LogP contribution in [0.4, 0.5) is 0 Å². The molecule has 1 heterocycles. The minimum Gasteiger partial charge on any atom is -0.493 e. The van der Waals surface area contributed by atoms with Gasteiger partial charge in [0.2, 0.25) is 0 Å². The summed E-state index contributed by atoms with van der Waals surface area (Å²) in [6.45, 7) is 1.87. The zero-order valence-corrected chi connectivity index (χ0v) is 24.6. The second kappa shape index (κ2) is 10.5. The summed E-state index contributed by atoms with van der Waals surface area (Å²) < 4.78 is 11.7. The van der Waals surface area contributed by atoms with Gasteiger partial charge in [-0.05, 0) is 117 Å². The minimum atomic E-state index is -0.533. The third kappa shape index (κ3) is 5.03. The summed E-state index contributed by atoms with van der Waals surface area (Å²) >= 11 is 12.6. The molecule has 2 amide bonds. The zero-order valence-electron chi connectivity index (χ0n) is 22.2. The van der Waals surface area contributed by atoms with Gasteiger partial charge in [-0.15, -0.1) is 0 Å². The van der Waals surface area contributed by atoms with Gasteiger partial charge in [0.25, 0.3) is 11.8 Å². The van der Waals surface area contributed by atoms with E-state index in [4.69, 9.17) is 33.3 Å². The highest BCUT2D eigenvalue weighted by atomic mass is 35.5. The number of thioether (sulfide) groups is 1. The van der Waals surface area contributed by atoms with Crippen LogP contribution in [0.25, 0.3) is 6.08 Å². The van der Waals surface area contributed by atoms with Crippen molar-refractivity contribution in [1.82, 2.24) is 10.4 Å². The number of rotatable bonds is 6. The summed E-state index contributed by atoms with van der Waals surface area (Å²) in [7, 11) is 1.52. The van der Waals surface area contributed by atoms with Crippen molar-refractivity contribution in [2.24, 2.45) is 23.2 Å². The van der Waals surface area contributed by atoms with Gasteiger partial charge >= 0.3 is 5.97 Å². The highest BCUT2D eigenvalue weighted by Gasteiger charge is 2.55. The SMILES string of the molecule is COc1cc(/C=C2\SC(=S)N(NC(=O)c3ccc(C)cc3Cl)C2=O)ccc1OC(=O)C12CC3CC(CC(C3)C1)C2. The Morgan fingerprint density at radius 1 is 1.07 bits per heavy atom. The molecule has 0 unspecified atom stereocenters. The molecule has 5 fully saturated rings. The number of nitrogens with zero attached hydrogens (tertiary/aromatic N) is 1. The largest absolute Gasteiger partial charge is 0.493 e. The lowest BCUT2D eigenvalue weighted by Gasteiger charge is -2.55. The maximum atomic E-state index is 13.4. The lowest BCUT2D eigenvalue weighted by Crippen LogP contribution is -2.51. The average molecular weight is 597 g/mol. The van der Waals surface area contributed by atoms with Crippen LogP contribution in [-0.4, -0.2) is 34.2 Å². The summed E-state index contributed by atoms with van der Waals surface area (Å²) in [5, 5.41) is 1.33. The molecule has 2 aromatic carbocycles. The fourth-order valence-corrected chi connectivity index (χ4v) is 8.61. The Morgan fingerprint density at radius 3 is 2.38 bits per heavy atom. The molecule has 1 aliphatic heterocycles. The first-order valence-corrected chi connectivity index (χ1v) is 15.0. The first-order valence-electron chi connectivity index (χ1n) is 13.4. The minimum absolute atomic E-state index is 0.150. The van der Waals surface area contributed by atoms with Gasteiger partial charge in [-0.1, -0.05) is 35.5 Å². The summed E-state index contributed by atoms with van der Waals surface area (Å²) in [5.74, 6) is 1.56. The van der Waals surface area contributed by atoms with E-state index in [9.17, 15) is 14.4 Å². The molecule has 0 atom stereocenters. The number of methoxy groups -OCH3 is 1. The van der Waals surface area contributed by atoms with E-state index < -0.39 is 11.8 Å². The van der Waals surface area contributed by atoms with Gasteiger partial charge in [-0.2, -0.15) is 5.01 Å². The molecule has 208 valence electrons. The van der Waals surface area contributed by atoms with Crippen LogP contribution < -0.4 is 14.9 Å².